The Morgan fingerprint density at radius 2 is 1.63 bits per heavy atom. The summed E-state index contributed by atoms with van der Waals surface area (Å²) in [5, 5.41) is 0.311. The Kier molecular flexibility index (Phi) is 7.84. The van der Waals surface area contributed by atoms with Gasteiger partial charge >= 0.3 is 0 Å². The number of rotatable bonds is 7. The molecule has 0 spiro atoms. The van der Waals surface area contributed by atoms with Crippen LogP contribution in [0.5, 0.6) is 0 Å². The minimum absolute atomic E-state index is 0.0521. The third-order valence-electron chi connectivity index (χ3n) is 5.86. The third kappa shape index (κ3) is 5.72. The Hall–Kier alpha value is -2.81. The van der Waals surface area contributed by atoms with Crippen LogP contribution in [-0.2, 0) is 10.0 Å². The van der Waals surface area contributed by atoms with Crippen molar-refractivity contribution in [1.29, 1.82) is 0 Å². The number of halogens is 1. The van der Waals surface area contributed by atoms with Crippen molar-refractivity contribution in [1.82, 2.24) is 4.90 Å². The van der Waals surface area contributed by atoms with E-state index < -0.39 is 10.0 Å². The van der Waals surface area contributed by atoms with Crippen molar-refractivity contribution in [3.63, 3.8) is 0 Å². The zero-order valence-corrected chi connectivity index (χ0v) is 21.5. The molecule has 0 aliphatic carbocycles. The summed E-state index contributed by atoms with van der Waals surface area (Å²) in [4.78, 5) is 28.7. The monoisotopic (exact) mass is 528 g/mol. The van der Waals surface area contributed by atoms with Crippen LogP contribution in [0, 0.1) is 0 Å². The molecular formula is C26H25ClN2O4S2. The van der Waals surface area contributed by atoms with Crippen LogP contribution in [0.4, 0.5) is 5.69 Å². The lowest BCUT2D eigenvalue weighted by molar-refractivity contribution is 0.0720. The van der Waals surface area contributed by atoms with Crippen LogP contribution >= 0.6 is 23.4 Å². The lowest BCUT2D eigenvalue weighted by Gasteiger charge is -2.27. The molecule has 1 amide bonds. The number of anilines is 1. The number of amides is 1. The molecule has 0 radical (unpaired) electrons. The van der Waals surface area contributed by atoms with Gasteiger partial charge in [-0.3, -0.25) is 14.3 Å². The van der Waals surface area contributed by atoms with E-state index in [4.69, 9.17) is 11.6 Å². The summed E-state index contributed by atoms with van der Waals surface area (Å²) in [6.07, 6.45) is 4.82. The van der Waals surface area contributed by atoms with Gasteiger partial charge in [-0.2, -0.15) is 0 Å². The first-order valence-electron chi connectivity index (χ1n) is 11.2. The molecule has 0 atom stereocenters. The second-order valence-corrected chi connectivity index (χ2v) is 11.2. The van der Waals surface area contributed by atoms with Gasteiger partial charge in [0.1, 0.15) is 0 Å². The zero-order valence-electron chi connectivity index (χ0n) is 19.2. The van der Waals surface area contributed by atoms with Crippen LogP contribution < -0.4 is 4.72 Å². The first kappa shape index (κ1) is 25.3. The quantitative estimate of drug-likeness (QED) is 0.313. The van der Waals surface area contributed by atoms with Crippen molar-refractivity contribution in [2.45, 2.75) is 29.1 Å². The van der Waals surface area contributed by atoms with Gasteiger partial charge in [0.2, 0.25) is 0 Å². The highest BCUT2D eigenvalue weighted by atomic mass is 35.5. The lowest BCUT2D eigenvalue weighted by Crippen LogP contribution is -2.36. The number of ketones is 1. The summed E-state index contributed by atoms with van der Waals surface area (Å²) in [5.74, 6) is -0.526. The highest BCUT2D eigenvalue weighted by Gasteiger charge is 2.25. The van der Waals surface area contributed by atoms with Crippen molar-refractivity contribution >= 4 is 50.8 Å². The second-order valence-electron chi connectivity index (χ2n) is 8.21. The number of likely N-dealkylation sites (tertiary alicyclic amines) is 1. The van der Waals surface area contributed by atoms with E-state index in [0.717, 1.165) is 19.3 Å². The summed E-state index contributed by atoms with van der Waals surface area (Å²) >= 11 is 7.52. The first-order valence-corrected chi connectivity index (χ1v) is 14.3. The Morgan fingerprint density at radius 1 is 0.914 bits per heavy atom. The van der Waals surface area contributed by atoms with E-state index >= 15 is 0 Å². The van der Waals surface area contributed by atoms with Crippen molar-refractivity contribution in [3.8, 4) is 0 Å². The lowest BCUT2D eigenvalue weighted by atomic mass is 10.0. The normalized spacial score (nSPS) is 13.9. The summed E-state index contributed by atoms with van der Waals surface area (Å²) in [7, 11) is -4.10. The number of sulfonamides is 1. The number of nitrogens with zero attached hydrogens (tertiary/aromatic N) is 1. The summed E-state index contributed by atoms with van der Waals surface area (Å²) in [6, 6.07) is 17.5. The van der Waals surface area contributed by atoms with Gasteiger partial charge in [-0.25, -0.2) is 8.42 Å². The average molecular weight is 529 g/mol. The standard InChI is InChI=1S/C26H25ClN2O4S2/c1-34-24-13-11-20(17-22(24)26(31)29-14-6-3-7-15-29)35(32,33)28-23-12-10-19(27)16-21(23)25(30)18-8-4-2-5-9-18/h2,4-5,8-13,16-17,28H,3,6-7,14-15H2,1H3. The molecule has 1 heterocycles. The molecular weight excluding hydrogens is 504 g/mol. The van der Waals surface area contributed by atoms with E-state index in [1.54, 1.807) is 41.3 Å². The molecule has 1 fully saturated rings. The van der Waals surface area contributed by atoms with Gasteiger partial charge in [0.05, 0.1) is 16.1 Å². The van der Waals surface area contributed by atoms with Crippen molar-refractivity contribution in [2.24, 2.45) is 0 Å². The number of hydrogen-bond donors (Lipinski definition) is 1. The minimum Gasteiger partial charge on any atom is -0.339 e. The molecule has 1 aliphatic rings. The zero-order chi connectivity index (χ0) is 25.0. The Morgan fingerprint density at radius 3 is 2.31 bits per heavy atom. The molecule has 182 valence electrons. The number of thioether (sulfide) groups is 1. The maximum Gasteiger partial charge on any atom is 0.261 e. The number of benzene rings is 3. The number of carbonyl (C=O) groups is 2. The fraction of sp³-hybridized carbons (Fsp3) is 0.231. The SMILES string of the molecule is CSc1ccc(S(=O)(=O)Nc2ccc(Cl)cc2C(=O)c2ccccc2)cc1C(=O)N1CCCCC1. The molecule has 1 saturated heterocycles. The third-order valence-corrected chi connectivity index (χ3v) is 8.26. The molecule has 4 rings (SSSR count). The summed E-state index contributed by atoms with van der Waals surface area (Å²) < 4.78 is 29.2. The maximum atomic E-state index is 13.4. The second kappa shape index (κ2) is 10.8. The molecule has 0 saturated carbocycles. The van der Waals surface area contributed by atoms with Crippen molar-refractivity contribution in [2.75, 3.05) is 24.1 Å². The summed E-state index contributed by atoms with van der Waals surface area (Å²) in [5.41, 5.74) is 1.02. The maximum absolute atomic E-state index is 13.4. The topological polar surface area (TPSA) is 83.5 Å². The van der Waals surface area contributed by atoms with Crippen LogP contribution in [0.2, 0.25) is 5.02 Å². The van der Waals surface area contributed by atoms with Crippen LogP contribution in [0.25, 0.3) is 0 Å². The molecule has 0 bridgehead atoms. The number of carbonyl (C=O) groups excluding carboxylic acids is 2. The molecule has 1 N–H and O–H groups in total. The molecule has 6 nitrogen and oxygen atoms in total. The van der Waals surface area contributed by atoms with Gasteiger partial charge in [-0.1, -0.05) is 41.9 Å². The van der Waals surface area contributed by atoms with Gasteiger partial charge in [0.15, 0.2) is 5.78 Å². The number of nitrogens with one attached hydrogen (secondary N) is 1. The van der Waals surface area contributed by atoms with Gasteiger partial charge in [0.25, 0.3) is 15.9 Å². The van der Waals surface area contributed by atoms with E-state index in [0.29, 0.717) is 34.1 Å². The Labute approximate surface area is 214 Å². The van der Waals surface area contributed by atoms with Crippen molar-refractivity contribution in [3.05, 3.63) is 88.4 Å². The van der Waals surface area contributed by atoms with Gasteiger partial charge in [-0.15, -0.1) is 11.8 Å². The van der Waals surface area contributed by atoms with Crippen molar-refractivity contribution < 1.29 is 18.0 Å². The molecule has 3 aromatic carbocycles. The number of piperidine rings is 1. The molecule has 35 heavy (non-hydrogen) atoms. The fourth-order valence-corrected chi connectivity index (χ4v) is 5.88. The number of hydrogen-bond acceptors (Lipinski definition) is 5. The molecule has 0 unspecified atom stereocenters. The van der Waals surface area contributed by atoms with Crippen LogP contribution in [-0.4, -0.2) is 44.4 Å². The largest absolute Gasteiger partial charge is 0.339 e. The van der Waals surface area contributed by atoms with E-state index in [9.17, 15) is 18.0 Å². The van der Waals surface area contributed by atoms with E-state index in [1.807, 2.05) is 6.26 Å². The minimum atomic E-state index is -4.10. The predicted octanol–water partition coefficient (Wildman–Crippen LogP) is 5.72. The molecule has 3 aromatic rings. The van der Waals surface area contributed by atoms with Gasteiger partial charge in [0, 0.05) is 34.1 Å². The highest BCUT2D eigenvalue weighted by molar-refractivity contribution is 7.98. The van der Waals surface area contributed by atoms with Gasteiger partial charge < -0.3 is 4.90 Å². The first-order chi connectivity index (χ1) is 16.8. The van der Waals surface area contributed by atoms with Crippen LogP contribution in [0.1, 0.15) is 45.5 Å². The smallest absolute Gasteiger partial charge is 0.261 e. The van der Waals surface area contributed by atoms with Crippen LogP contribution in [0.15, 0.2) is 76.5 Å². The fourth-order valence-electron chi connectivity index (χ4n) is 4.03. The van der Waals surface area contributed by atoms with E-state index in [-0.39, 0.29) is 27.8 Å². The average Bonchev–Trinajstić information content (AvgIpc) is 2.89. The molecule has 1 aliphatic heterocycles. The van der Waals surface area contributed by atoms with E-state index in [1.165, 1.54) is 42.1 Å². The highest BCUT2D eigenvalue weighted by Crippen LogP contribution is 2.29. The Bertz CT molecular complexity index is 1360. The molecule has 0 aromatic heterocycles. The van der Waals surface area contributed by atoms with Gasteiger partial charge in [-0.05, 0) is 61.9 Å². The predicted molar refractivity (Wildman–Crippen MR) is 140 cm³/mol. The van der Waals surface area contributed by atoms with Crippen LogP contribution in [0.3, 0.4) is 0 Å². The molecule has 9 heteroatoms. The van der Waals surface area contributed by atoms with E-state index in [2.05, 4.69) is 4.72 Å². The summed E-state index contributed by atoms with van der Waals surface area (Å²) in [6.45, 7) is 1.33. The Balaban J connectivity index is 1.68.